The minimum Gasteiger partial charge on any atom is -0.487 e. The number of rotatable bonds is 4. The predicted molar refractivity (Wildman–Crippen MR) is 93.2 cm³/mol. The van der Waals surface area contributed by atoms with E-state index in [1.807, 2.05) is 68.4 Å². The summed E-state index contributed by atoms with van der Waals surface area (Å²) in [4.78, 5) is 12.6. The van der Waals surface area contributed by atoms with E-state index >= 15 is 0 Å². The van der Waals surface area contributed by atoms with E-state index in [9.17, 15) is 4.79 Å². The molecule has 1 N–H and O–H groups in total. The summed E-state index contributed by atoms with van der Waals surface area (Å²) >= 11 is 0. The molecule has 0 spiro atoms. The maximum Gasteiger partial charge on any atom is 0.261 e. The van der Waals surface area contributed by atoms with Gasteiger partial charge >= 0.3 is 0 Å². The largest absolute Gasteiger partial charge is 0.487 e. The number of carbonyl (C=O) groups is 1. The zero-order valence-electron chi connectivity index (χ0n) is 14.3. The number of hydrogen-bond donors (Lipinski definition) is 1. The van der Waals surface area contributed by atoms with Gasteiger partial charge in [0.15, 0.2) is 6.10 Å². The average Bonchev–Trinajstić information content (AvgIpc) is 2.54. The maximum atomic E-state index is 12.6. The molecule has 0 aliphatic carbocycles. The standard InChI is InChI=1S/C20H23NO3/c1-14(23-15-9-5-4-6-10-15)19(22)21-17-13-20(2,3)24-18-12-8-7-11-16(17)18/h4-12,14,17H,13H2,1-3H3,(H,21,22)/t14-,17-/m0/s1. The van der Waals surface area contributed by atoms with Crippen LogP contribution in [-0.4, -0.2) is 17.6 Å². The Kier molecular flexibility index (Phi) is 4.47. The van der Waals surface area contributed by atoms with E-state index in [-0.39, 0.29) is 17.6 Å². The lowest BCUT2D eigenvalue weighted by Gasteiger charge is -2.38. The Morgan fingerprint density at radius 1 is 1.17 bits per heavy atom. The van der Waals surface area contributed by atoms with Crippen LogP contribution in [0.3, 0.4) is 0 Å². The molecule has 0 radical (unpaired) electrons. The van der Waals surface area contributed by atoms with Crippen molar-refractivity contribution in [3.63, 3.8) is 0 Å². The second-order valence-electron chi connectivity index (χ2n) is 6.74. The lowest BCUT2D eigenvalue weighted by Crippen LogP contribution is -2.44. The van der Waals surface area contributed by atoms with Crippen molar-refractivity contribution in [2.45, 2.75) is 44.9 Å². The van der Waals surface area contributed by atoms with Crippen LogP contribution in [-0.2, 0) is 4.79 Å². The minimum atomic E-state index is -0.564. The van der Waals surface area contributed by atoms with Crippen LogP contribution in [0.25, 0.3) is 0 Å². The number of amides is 1. The molecular formula is C20H23NO3. The zero-order valence-corrected chi connectivity index (χ0v) is 14.3. The Balaban J connectivity index is 1.72. The van der Waals surface area contributed by atoms with Crippen molar-refractivity contribution in [3.8, 4) is 11.5 Å². The zero-order chi connectivity index (χ0) is 17.2. The Labute approximate surface area is 142 Å². The molecule has 0 aromatic heterocycles. The van der Waals surface area contributed by atoms with Crippen molar-refractivity contribution in [2.24, 2.45) is 0 Å². The molecule has 0 fully saturated rings. The van der Waals surface area contributed by atoms with Crippen molar-refractivity contribution in [1.29, 1.82) is 0 Å². The monoisotopic (exact) mass is 325 g/mol. The van der Waals surface area contributed by atoms with Crippen LogP contribution in [0, 0.1) is 0 Å². The van der Waals surface area contributed by atoms with Gasteiger partial charge in [0.25, 0.3) is 5.91 Å². The number of nitrogens with one attached hydrogen (secondary N) is 1. The van der Waals surface area contributed by atoms with Gasteiger partial charge in [-0.25, -0.2) is 0 Å². The second kappa shape index (κ2) is 6.56. The van der Waals surface area contributed by atoms with Gasteiger partial charge in [0.05, 0.1) is 6.04 Å². The minimum absolute atomic E-state index is 0.0840. The molecule has 126 valence electrons. The molecule has 3 rings (SSSR count). The van der Waals surface area contributed by atoms with Gasteiger partial charge in [-0.05, 0) is 39.0 Å². The van der Waals surface area contributed by atoms with Crippen LogP contribution in [0.5, 0.6) is 11.5 Å². The Morgan fingerprint density at radius 2 is 1.83 bits per heavy atom. The molecule has 0 saturated heterocycles. The van der Waals surface area contributed by atoms with Gasteiger partial charge in [-0.3, -0.25) is 4.79 Å². The Morgan fingerprint density at radius 3 is 2.58 bits per heavy atom. The number of hydrogen-bond acceptors (Lipinski definition) is 3. The van der Waals surface area contributed by atoms with E-state index in [1.54, 1.807) is 6.92 Å². The molecule has 1 amide bonds. The van der Waals surface area contributed by atoms with Crippen LogP contribution in [0.4, 0.5) is 0 Å². The number of para-hydroxylation sites is 2. The average molecular weight is 325 g/mol. The molecule has 4 nitrogen and oxygen atoms in total. The lowest BCUT2D eigenvalue weighted by molar-refractivity contribution is -0.128. The summed E-state index contributed by atoms with van der Waals surface area (Å²) in [5.74, 6) is 1.39. The van der Waals surface area contributed by atoms with Crippen molar-refractivity contribution in [3.05, 3.63) is 60.2 Å². The molecule has 1 aliphatic rings. The molecule has 2 aromatic rings. The summed E-state index contributed by atoms with van der Waals surface area (Å²) in [7, 11) is 0. The molecule has 1 aliphatic heterocycles. The quantitative estimate of drug-likeness (QED) is 0.928. The molecule has 1 heterocycles. The van der Waals surface area contributed by atoms with E-state index in [2.05, 4.69) is 5.32 Å². The molecule has 2 atom stereocenters. The molecule has 24 heavy (non-hydrogen) atoms. The summed E-state index contributed by atoms with van der Waals surface area (Å²) in [6.45, 7) is 5.83. The fourth-order valence-electron chi connectivity index (χ4n) is 2.98. The summed E-state index contributed by atoms with van der Waals surface area (Å²) in [5.41, 5.74) is 0.688. The third kappa shape index (κ3) is 3.70. The van der Waals surface area contributed by atoms with E-state index in [0.29, 0.717) is 12.2 Å². The lowest BCUT2D eigenvalue weighted by atomic mass is 9.89. The summed E-state index contributed by atoms with van der Waals surface area (Å²) < 4.78 is 11.7. The van der Waals surface area contributed by atoms with Crippen LogP contribution in [0.1, 0.15) is 38.8 Å². The van der Waals surface area contributed by atoms with Crippen molar-refractivity contribution >= 4 is 5.91 Å². The van der Waals surface area contributed by atoms with Gasteiger partial charge in [0.2, 0.25) is 0 Å². The van der Waals surface area contributed by atoms with Crippen molar-refractivity contribution in [1.82, 2.24) is 5.32 Å². The highest BCUT2D eigenvalue weighted by molar-refractivity contribution is 5.81. The highest BCUT2D eigenvalue weighted by Gasteiger charge is 2.35. The summed E-state index contributed by atoms with van der Waals surface area (Å²) in [6.07, 6.45) is 0.152. The van der Waals surface area contributed by atoms with Gasteiger partial charge in [-0.2, -0.15) is 0 Å². The predicted octanol–water partition coefficient (Wildman–Crippen LogP) is 3.87. The van der Waals surface area contributed by atoms with Crippen LogP contribution in [0.2, 0.25) is 0 Å². The smallest absolute Gasteiger partial charge is 0.261 e. The fourth-order valence-corrected chi connectivity index (χ4v) is 2.98. The molecule has 0 unspecified atom stereocenters. The van der Waals surface area contributed by atoms with Gasteiger partial charge in [0.1, 0.15) is 17.1 Å². The van der Waals surface area contributed by atoms with Gasteiger partial charge in [0, 0.05) is 12.0 Å². The molecular weight excluding hydrogens is 302 g/mol. The topological polar surface area (TPSA) is 47.6 Å². The van der Waals surface area contributed by atoms with Gasteiger partial charge < -0.3 is 14.8 Å². The molecule has 4 heteroatoms. The first kappa shape index (κ1) is 16.4. The third-order valence-corrected chi connectivity index (χ3v) is 4.12. The van der Waals surface area contributed by atoms with Crippen molar-refractivity contribution < 1.29 is 14.3 Å². The van der Waals surface area contributed by atoms with E-state index in [4.69, 9.17) is 9.47 Å². The molecule has 0 bridgehead atoms. The van der Waals surface area contributed by atoms with Gasteiger partial charge in [-0.1, -0.05) is 36.4 Å². The SMILES string of the molecule is C[C@H](Oc1ccccc1)C(=O)N[C@H]1CC(C)(C)Oc2ccccc21. The Hall–Kier alpha value is -2.49. The Bertz CT molecular complexity index is 712. The van der Waals surface area contributed by atoms with Crippen LogP contribution in [0.15, 0.2) is 54.6 Å². The first-order chi connectivity index (χ1) is 11.4. The number of benzene rings is 2. The fraction of sp³-hybridized carbons (Fsp3) is 0.350. The first-order valence-corrected chi connectivity index (χ1v) is 8.25. The highest BCUT2D eigenvalue weighted by atomic mass is 16.5. The first-order valence-electron chi connectivity index (χ1n) is 8.25. The summed E-state index contributed by atoms with van der Waals surface area (Å²) in [6, 6.07) is 17.1. The third-order valence-electron chi connectivity index (χ3n) is 4.12. The van der Waals surface area contributed by atoms with Crippen LogP contribution >= 0.6 is 0 Å². The molecule has 0 saturated carbocycles. The molecule has 2 aromatic carbocycles. The summed E-state index contributed by atoms with van der Waals surface area (Å²) in [5, 5.41) is 3.11. The van der Waals surface area contributed by atoms with E-state index in [0.717, 1.165) is 11.3 Å². The van der Waals surface area contributed by atoms with Crippen LogP contribution < -0.4 is 14.8 Å². The van der Waals surface area contributed by atoms with Crippen molar-refractivity contribution in [2.75, 3.05) is 0 Å². The number of fused-ring (bicyclic) bond motifs is 1. The second-order valence-corrected chi connectivity index (χ2v) is 6.74. The highest BCUT2D eigenvalue weighted by Crippen LogP contribution is 2.39. The normalized spacial score (nSPS) is 19.5. The number of carbonyl (C=O) groups excluding carboxylic acids is 1. The van der Waals surface area contributed by atoms with E-state index in [1.165, 1.54) is 0 Å². The van der Waals surface area contributed by atoms with Gasteiger partial charge in [-0.15, -0.1) is 0 Å². The van der Waals surface area contributed by atoms with E-state index < -0.39 is 6.10 Å². The number of ether oxygens (including phenoxy) is 2. The maximum absolute atomic E-state index is 12.6.